The van der Waals surface area contributed by atoms with Crippen molar-refractivity contribution in [2.75, 3.05) is 11.9 Å². The first-order chi connectivity index (χ1) is 9.58. The summed E-state index contributed by atoms with van der Waals surface area (Å²) in [6, 6.07) is 5.35. The van der Waals surface area contributed by atoms with Gasteiger partial charge in [0.05, 0.1) is 16.6 Å². The lowest BCUT2D eigenvalue weighted by molar-refractivity contribution is -0.601. The van der Waals surface area contributed by atoms with Gasteiger partial charge in [0.1, 0.15) is 5.70 Å². The molecule has 0 radical (unpaired) electrons. The highest BCUT2D eigenvalue weighted by molar-refractivity contribution is 7.09. The number of benzene rings is 1. The molecule has 4 nitrogen and oxygen atoms in total. The van der Waals surface area contributed by atoms with Crippen LogP contribution in [0.25, 0.3) is 6.08 Å². The zero-order valence-corrected chi connectivity index (χ0v) is 13.5. The van der Waals surface area contributed by atoms with Crippen LogP contribution < -0.4 is 10.6 Å². The van der Waals surface area contributed by atoms with E-state index in [4.69, 9.17) is 23.2 Å². The van der Waals surface area contributed by atoms with Gasteiger partial charge in [-0.3, -0.25) is 0 Å². The second-order valence-corrected chi connectivity index (χ2v) is 5.78. The Morgan fingerprint density at radius 3 is 2.90 bits per heavy atom. The first kappa shape index (κ1) is 15.3. The average molecular weight is 330 g/mol. The molecule has 106 valence electrons. The summed E-state index contributed by atoms with van der Waals surface area (Å²) in [5.74, 6) is 0.708. The van der Waals surface area contributed by atoms with Crippen LogP contribution in [0.1, 0.15) is 19.7 Å². The minimum Gasteiger partial charge on any atom is -0.330 e. The molecule has 2 rings (SSSR count). The molecule has 0 unspecified atom stereocenters. The van der Waals surface area contributed by atoms with Crippen LogP contribution in [0, 0.1) is 0 Å². The highest BCUT2D eigenvalue weighted by atomic mass is 35.5. The highest BCUT2D eigenvalue weighted by Gasteiger charge is 2.05. The van der Waals surface area contributed by atoms with Gasteiger partial charge in [0.2, 0.25) is 5.13 Å². The second-order valence-electron chi connectivity index (χ2n) is 4.21. The number of hydrogen-bond acceptors (Lipinski definition) is 4. The summed E-state index contributed by atoms with van der Waals surface area (Å²) in [5, 5.41) is 7.05. The van der Waals surface area contributed by atoms with Crippen molar-refractivity contribution in [2.45, 2.75) is 13.8 Å². The molecule has 0 saturated carbocycles. The molecule has 0 saturated heterocycles. The molecule has 0 spiro atoms. The zero-order valence-electron chi connectivity index (χ0n) is 11.2. The van der Waals surface area contributed by atoms with E-state index in [0.29, 0.717) is 15.9 Å². The maximum absolute atomic E-state index is 5.97. The number of nitrogens with zero attached hydrogens (tertiary/aromatic N) is 2. The lowest BCUT2D eigenvalue weighted by Gasteiger charge is -2.03. The van der Waals surface area contributed by atoms with Crippen molar-refractivity contribution < 1.29 is 5.32 Å². The molecule has 0 aliphatic rings. The maximum atomic E-state index is 5.97. The van der Waals surface area contributed by atoms with E-state index in [1.165, 1.54) is 11.5 Å². The van der Waals surface area contributed by atoms with E-state index in [-0.39, 0.29) is 0 Å². The molecular weight excluding hydrogens is 315 g/mol. The van der Waals surface area contributed by atoms with Gasteiger partial charge in [0.25, 0.3) is 0 Å². The molecule has 3 N–H and O–H groups in total. The Labute approximate surface area is 132 Å². The Balaban J connectivity index is 2.09. The van der Waals surface area contributed by atoms with Crippen LogP contribution in [0.3, 0.4) is 0 Å². The Hall–Kier alpha value is -1.14. The van der Waals surface area contributed by atoms with Crippen molar-refractivity contribution in [1.82, 2.24) is 9.36 Å². The Morgan fingerprint density at radius 2 is 2.20 bits per heavy atom. The van der Waals surface area contributed by atoms with E-state index < -0.39 is 0 Å². The molecule has 0 bridgehead atoms. The topological polar surface area (TPSA) is 54.4 Å². The fourth-order valence-corrected chi connectivity index (χ4v) is 2.50. The smallest absolute Gasteiger partial charge is 0.207 e. The van der Waals surface area contributed by atoms with Gasteiger partial charge in [-0.25, -0.2) is 0 Å². The maximum Gasteiger partial charge on any atom is 0.207 e. The first-order valence-electron chi connectivity index (χ1n) is 6.15. The minimum atomic E-state index is 0.509. The van der Waals surface area contributed by atoms with Gasteiger partial charge in [-0.15, -0.1) is 0 Å². The van der Waals surface area contributed by atoms with E-state index in [0.717, 1.165) is 23.1 Å². The third-order valence-corrected chi connectivity index (χ3v) is 3.88. The van der Waals surface area contributed by atoms with Crippen LogP contribution in [-0.2, 0) is 0 Å². The number of hydrogen-bond donors (Lipinski definition) is 2. The SMILES string of the molecule is CC[NH2+]C(C)=Cc1nsc(Nc2ccc(Cl)c(Cl)c2)n1. The third kappa shape index (κ3) is 4.18. The molecule has 1 aromatic heterocycles. The zero-order chi connectivity index (χ0) is 14.5. The van der Waals surface area contributed by atoms with Gasteiger partial charge in [-0.2, -0.15) is 9.36 Å². The van der Waals surface area contributed by atoms with E-state index in [9.17, 15) is 0 Å². The molecule has 0 fully saturated rings. The number of allylic oxidation sites excluding steroid dienone is 1. The summed E-state index contributed by atoms with van der Waals surface area (Å²) < 4.78 is 4.29. The Morgan fingerprint density at radius 1 is 1.40 bits per heavy atom. The van der Waals surface area contributed by atoms with E-state index >= 15 is 0 Å². The van der Waals surface area contributed by atoms with Crippen molar-refractivity contribution in [1.29, 1.82) is 0 Å². The lowest BCUT2D eigenvalue weighted by atomic mass is 10.3. The summed E-state index contributed by atoms with van der Waals surface area (Å²) in [4.78, 5) is 4.40. The fraction of sp³-hybridized carbons (Fsp3) is 0.231. The Kier molecular flexibility index (Phi) is 5.37. The number of halogens is 2. The summed E-state index contributed by atoms with van der Waals surface area (Å²) in [7, 11) is 0. The van der Waals surface area contributed by atoms with Gasteiger partial charge in [0, 0.05) is 30.2 Å². The predicted octanol–water partition coefficient (Wildman–Crippen LogP) is 3.53. The van der Waals surface area contributed by atoms with Crippen LogP contribution in [0.5, 0.6) is 0 Å². The van der Waals surface area contributed by atoms with Gasteiger partial charge in [0.15, 0.2) is 5.82 Å². The molecule has 0 atom stereocenters. The molecule has 2 aromatic rings. The van der Waals surface area contributed by atoms with Crippen LogP contribution in [0.15, 0.2) is 23.9 Å². The number of quaternary nitrogens is 1. The van der Waals surface area contributed by atoms with Crippen molar-refractivity contribution in [3.8, 4) is 0 Å². The summed E-state index contributed by atoms with van der Waals surface area (Å²) in [6.45, 7) is 5.14. The van der Waals surface area contributed by atoms with Crippen LogP contribution >= 0.6 is 34.7 Å². The van der Waals surface area contributed by atoms with Crippen LogP contribution in [0.4, 0.5) is 10.8 Å². The minimum absolute atomic E-state index is 0.509. The number of aromatic nitrogens is 2. The van der Waals surface area contributed by atoms with Crippen molar-refractivity contribution >= 4 is 51.6 Å². The molecule has 20 heavy (non-hydrogen) atoms. The number of anilines is 2. The summed E-state index contributed by atoms with van der Waals surface area (Å²) >= 11 is 13.2. The molecule has 0 aliphatic carbocycles. The third-order valence-electron chi connectivity index (χ3n) is 2.50. The molecule has 0 amide bonds. The molecule has 7 heteroatoms. The molecular formula is C13H15Cl2N4S+. The fourth-order valence-electron chi connectivity index (χ4n) is 1.63. The highest BCUT2D eigenvalue weighted by Crippen LogP contribution is 2.27. The van der Waals surface area contributed by atoms with Gasteiger partial charge >= 0.3 is 0 Å². The van der Waals surface area contributed by atoms with Crippen molar-refractivity contribution in [3.05, 3.63) is 39.8 Å². The number of nitrogens with two attached hydrogens (primary N) is 1. The van der Waals surface area contributed by atoms with Gasteiger partial charge in [-0.1, -0.05) is 23.2 Å². The van der Waals surface area contributed by atoms with Crippen molar-refractivity contribution in [2.24, 2.45) is 0 Å². The predicted molar refractivity (Wildman–Crippen MR) is 85.8 cm³/mol. The molecule has 1 heterocycles. The normalized spacial score (nSPS) is 11.7. The summed E-state index contributed by atoms with van der Waals surface area (Å²) in [6.07, 6.45) is 1.96. The van der Waals surface area contributed by atoms with Crippen LogP contribution in [-0.4, -0.2) is 15.9 Å². The Bertz CT molecular complexity index is 625. The largest absolute Gasteiger partial charge is 0.330 e. The lowest BCUT2D eigenvalue weighted by Crippen LogP contribution is -2.80. The second kappa shape index (κ2) is 7.04. The van der Waals surface area contributed by atoms with E-state index in [1.807, 2.05) is 19.1 Å². The molecule has 0 aliphatic heterocycles. The van der Waals surface area contributed by atoms with Crippen molar-refractivity contribution in [3.63, 3.8) is 0 Å². The van der Waals surface area contributed by atoms with Gasteiger partial charge in [-0.05, 0) is 25.1 Å². The summed E-state index contributed by atoms with van der Waals surface area (Å²) in [5.41, 5.74) is 1.99. The van der Waals surface area contributed by atoms with Crippen LogP contribution in [0.2, 0.25) is 10.0 Å². The number of rotatable bonds is 5. The monoisotopic (exact) mass is 329 g/mol. The first-order valence-corrected chi connectivity index (χ1v) is 7.68. The van der Waals surface area contributed by atoms with Gasteiger partial charge < -0.3 is 10.6 Å². The van der Waals surface area contributed by atoms with E-state index in [2.05, 4.69) is 26.9 Å². The van der Waals surface area contributed by atoms with E-state index in [1.54, 1.807) is 12.1 Å². The quantitative estimate of drug-likeness (QED) is 0.882. The number of nitrogens with one attached hydrogen (secondary N) is 1. The average Bonchev–Trinajstić information content (AvgIpc) is 2.81. The standard InChI is InChI=1S/C13H14Cl2N4S/c1-3-16-8(2)6-12-18-13(20-19-12)17-9-4-5-10(14)11(15)7-9/h4-7,16H,3H2,1-2H3,(H,17,18,19)/p+1. The molecule has 1 aromatic carbocycles.